The number of rotatable bonds is 7. The van der Waals surface area contributed by atoms with Crippen LogP contribution in [0.15, 0.2) is 107 Å². The van der Waals surface area contributed by atoms with Crippen LogP contribution in [0.4, 0.5) is 5.69 Å². The third kappa shape index (κ3) is 4.77. The van der Waals surface area contributed by atoms with Crippen LogP contribution in [0.1, 0.15) is 16.7 Å². The molecule has 0 atom stereocenters. The van der Waals surface area contributed by atoms with E-state index in [2.05, 4.69) is 68.4 Å². The Morgan fingerprint density at radius 2 is 1.39 bits per heavy atom. The van der Waals surface area contributed by atoms with Crippen LogP contribution in [0.3, 0.4) is 0 Å². The van der Waals surface area contributed by atoms with E-state index in [9.17, 15) is 0 Å². The molecule has 36 heavy (non-hydrogen) atoms. The molecular weight excluding hydrogens is 462 g/mol. The first-order valence-corrected chi connectivity index (χ1v) is 12.8. The van der Waals surface area contributed by atoms with E-state index in [1.165, 1.54) is 16.0 Å². The molecule has 0 amide bonds. The molecule has 0 spiro atoms. The minimum atomic E-state index is 0.460. The molecule has 5 aromatic rings. The summed E-state index contributed by atoms with van der Waals surface area (Å²) < 4.78 is 12.2. The van der Waals surface area contributed by atoms with Crippen LogP contribution >= 0.6 is 11.8 Å². The molecule has 5 aromatic carbocycles. The van der Waals surface area contributed by atoms with E-state index in [0.717, 1.165) is 43.9 Å². The number of nitrogen functional groups attached to an aromatic ring is 1. The monoisotopic (exact) mass is 491 g/mol. The van der Waals surface area contributed by atoms with Gasteiger partial charge in [0, 0.05) is 27.6 Å². The third-order valence-electron chi connectivity index (χ3n) is 6.33. The SMILES string of the molecule is COc1cc2c(OCc3ccccc3)cc(N)c(-c3ccccc3)c2cc1Sc1c(C)cccc1C. The largest absolute Gasteiger partial charge is 0.496 e. The van der Waals surface area contributed by atoms with Gasteiger partial charge in [0.1, 0.15) is 18.1 Å². The molecule has 3 nitrogen and oxygen atoms in total. The number of ether oxygens (including phenoxy) is 2. The Labute approximate surface area is 216 Å². The predicted octanol–water partition coefficient (Wildman–Crippen LogP) is 8.44. The van der Waals surface area contributed by atoms with Crippen molar-refractivity contribution < 1.29 is 9.47 Å². The van der Waals surface area contributed by atoms with Gasteiger partial charge in [0.2, 0.25) is 0 Å². The number of benzene rings is 5. The molecule has 0 aromatic heterocycles. The summed E-state index contributed by atoms with van der Waals surface area (Å²) in [5.41, 5.74) is 13.0. The summed E-state index contributed by atoms with van der Waals surface area (Å²) in [4.78, 5) is 2.28. The van der Waals surface area contributed by atoms with Gasteiger partial charge in [-0.15, -0.1) is 0 Å². The molecule has 180 valence electrons. The highest BCUT2D eigenvalue weighted by Gasteiger charge is 2.18. The van der Waals surface area contributed by atoms with Crippen LogP contribution in [0, 0.1) is 13.8 Å². The van der Waals surface area contributed by atoms with Gasteiger partial charge in [-0.1, -0.05) is 90.6 Å². The van der Waals surface area contributed by atoms with Crippen LogP contribution in [0.25, 0.3) is 21.9 Å². The van der Waals surface area contributed by atoms with Gasteiger partial charge in [-0.2, -0.15) is 0 Å². The molecule has 0 bridgehead atoms. The maximum Gasteiger partial charge on any atom is 0.133 e. The summed E-state index contributed by atoms with van der Waals surface area (Å²) >= 11 is 1.73. The van der Waals surface area contributed by atoms with Gasteiger partial charge in [-0.3, -0.25) is 0 Å². The molecule has 0 radical (unpaired) electrons. The van der Waals surface area contributed by atoms with Crippen molar-refractivity contribution in [3.05, 3.63) is 114 Å². The van der Waals surface area contributed by atoms with E-state index in [-0.39, 0.29) is 0 Å². The zero-order valence-electron chi connectivity index (χ0n) is 20.7. The Hall–Kier alpha value is -3.89. The molecule has 0 aliphatic carbocycles. The number of hydrogen-bond acceptors (Lipinski definition) is 4. The van der Waals surface area contributed by atoms with Gasteiger partial charge < -0.3 is 15.2 Å². The summed E-state index contributed by atoms with van der Waals surface area (Å²) in [5, 5.41) is 2.01. The number of nitrogens with two attached hydrogens (primary N) is 1. The minimum Gasteiger partial charge on any atom is -0.496 e. The summed E-state index contributed by atoms with van der Waals surface area (Å²) in [6.07, 6.45) is 0. The fourth-order valence-electron chi connectivity index (χ4n) is 4.51. The molecule has 0 saturated carbocycles. The molecule has 0 unspecified atom stereocenters. The van der Waals surface area contributed by atoms with Crippen molar-refractivity contribution in [3.8, 4) is 22.6 Å². The van der Waals surface area contributed by atoms with Crippen LogP contribution < -0.4 is 15.2 Å². The van der Waals surface area contributed by atoms with Gasteiger partial charge in [0.25, 0.3) is 0 Å². The van der Waals surface area contributed by atoms with E-state index in [0.29, 0.717) is 12.3 Å². The van der Waals surface area contributed by atoms with Crippen LogP contribution in [0.5, 0.6) is 11.5 Å². The summed E-state index contributed by atoms with van der Waals surface area (Å²) in [6.45, 7) is 4.75. The second-order valence-corrected chi connectivity index (χ2v) is 9.90. The molecule has 0 fully saturated rings. The topological polar surface area (TPSA) is 44.5 Å². The lowest BCUT2D eigenvalue weighted by Crippen LogP contribution is -2.00. The Balaban J connectivity index is 1.69. The molecular formula is C32H29NO2S. The smallest absolute Gasteiger partial charge is 0.133 e. The van der Waals surface area contributed by atoms with Crippen molar-refractivity contribution >= 4 is 28.2 Å². The molecule has 0 aliphatic heterocycles. The highest BCUT2D eigenvalue weighted by Crippen LogP contribution is 2.46. The van der Waals surface area contributed by atoms with Gasteiger partial charge in [-0.05, 0) is 53.6 Å². The van der Waals surface area contributed by atoms with E-state index in [1.807, 2.05) is 42.5 Å². The standard InChI is InChI=1S/C32H29NO2S/c1-21-11-10-12-22(2)32(21)36-30-18-26-25(17-29(30)34-3)28(35-20-23-13-6-4-7-14-23)19-27(33)31(26)24-15-8-5-9-16-24/h4-19H,20,33H2,1-3H3. The molecule has 0 aliphatic rings. The maximum atomic E-state index is 6.69. The summed E-state index contributed by atoms with van der Waals surface area (Å²) in [6, 6.07) is 33.0. The van der Waals surface area contributed by atoms with Crippen molar-refractivity contribution in [2.75, 3.05) is 12.8 Å². The molecule has 5 rings (SSSR count). The Kier molecular flexibility index (Phi) is 6.88. The van der Waals surface area contributed by atoms with Crippen LogP contribution in [0.2, 0.25) is 0 Å². The quantitative estimate of drug-likeness (QED) is 0.232. The van der Waals surface area contributed by atoms with Gasteiger partial charge in [0.15, 0.2) is 0 Å². The fourth-order valence-corrected chi connectivity index (χ4v) is 5.61. The lowest BCUT2D eigenvalue weighted by atomic mass is 9.95. The van der Waals surface area contributed by atoms with Gasteiger partial charge in [-0.25, -0.2) is 0 Å². The number of aryl methyl sites for hydroxylation is 2. The zero-order valence-corrected chi connectivity index (χ0v) is 21.6. The second kappa shape index (κ2) is 10.4. The number of hydrogen-bond donors (Lipinski definition) is 1. The Morgan fingerprint density at radius 1 is 0.722 bits per heavy atom. The second-order valence-electron chi connectivity index (χ2n) is 8.85. The summed E-state index contributed by atoms with van der Waals surface area (Å²) in [7, 11) is 1.72. The predicted molar refractivity (Wildman–Crippen MR) is 151 cm³/mol. The average Bonchev–Trinajstić information content (AvgIpc) is 2.90. The normalized spacial score (nSPS) is 11.0. The van der Waals surface area contributed by atoms with Crippen molar-refractivity contribution in [1.82, 2.24) is 0 Å². The summed E-state index contributed by atoms with van der Waals surface area (Å²) in [5.74, 6) is 1.55. The van der Waals surface area contributed by atoms with Crippen LogP contribution in [-0.2, 0) is 6.61 Å². The van der Waals surface area contributed by atoms with E-state index >= 15 is 0 Å². The zero-order chi connectivity index (χ0) is 25.1. The first kappa shape index (κ1) is 23.8. The van der Waals surface area contributed by atoms with E-state index in [4.69, 9.17) is 15.2 Å². The highest BCUT2D eigenvalue weighted by atomic mass is 32.2. The Morgan fingerprint density at radius 3 is 2.06 bits per heavy atom. The first-order valence-electron chi connectivity index (χ1n) is 12.0. The lowest BCUT2D eigenvalue weighted by Gasteiger charge is -2.19. The van der Waals surface area contributed by atoms with Crippen molar-refractivity contribution in [2.45, 2.75) is 30.2 Å². The molecule has 2 N–H and O–H groups in total. The van der Waals surface area contributed by atoms with Gasteiger partial charge >= 0.3 is 0 Å². The average molecular weight is 492 g/mol. The molecule has 0 saturated heterocycles. The maximum absolute atomic E-state index is 6.69. The minimum absolute atomic E-state index is 0.460. The van der Waals surface area contributed by atoms with E-state index in [1.54, 1.807) is 18.9 Å². The molecule has 4 heteroatoms. The molecule has 0 heterocycles. The highest BCUT2D eigenvalue weighted by molar-refractivity contribution is 7.99. The van der Waals surface area contributed by atoms with Crippen molar-refractivity contribution in [3.63, 3.8) is 0 Å². The van der Waals surface area contributed by atoms with Crippen molar-refractivity contribution in [2.24, 2.45) is 0 Å². The third-order valence-corrected chi connectivity index (χ3v) is 7.72. The first-order chi connectivity index (χ1) is 17.5. The van der Waals surface area contributed by atoms with Gasteiger partial charge in [0.05, 0.1) is 12.0 Å². The van der Waals surface area contributed by atoms with Crippen LogP contribution in [-0.4, -0.2) is 7.11 Å². The van der Waals surface area contributed by atoms with E-state index < -0.39 is 0 Å². The number of anilines is 1. The van der Waals surface area contributed by atoms with Crippen molar-refractivity contribution in [1.29, 1.82) is 0 Å². The number of methoxy groups -OCH3 is 1. The lowest BCUT2D eigenvalue weighted by molar-refractivity contribution is 0.310. The fraction of sp³-hybridized carbons (Fsp3) is 0.125. The Bertz CT molecular complexity index is 1490. The number of fused-ring (bicyclic) bond motifs is 1.